The topological polar surface area (TPSA) is 46.6 Å². The third kappa shape index (κ3) is 3.20. The van der Waals surface area contributed by atoms with Crippen molar-refractivity contribution in [2.75, 3.05) is 6.61 Å². The van der Waals surface area contributed by atoms with Crippen molar-refractivity contribution in [3.8, 4) is 0 Å². The quantitative estimate of drug-likeness (QED) is 0.584. The van der Waals surface area contributed by atoms with Crippen LogP contribution >= 0.6 is 0 Å². The molecule has 0 N–H and O–H groups in total. The fourth-order valence-corrected chi connectivity index (χ4v) is 2.87. The summed E-state index contributed by atoms with van der Waals surface area (Å²) in [5.74, 6) is -0.226. The van der Waals surface area contributed by atoms with E-state index in [1.807, 2.05) is 6.92 Å². The van der Waals surface area contributed by atoms with Crippen molar-refractivity contribution in [1.29, 1.82) is 0 Å². The molecule has 99 valence electrons. The maximum absolute atomic E-state index is 12.0. The number of nitrogens with zero attached hydrogens (tertiary/aromatic N) is 1. The van der Waals surface area contributed by atoms with Gasteiger partial charge in [0.1, 0.15) is 0 Å². The van der Waals surface area contributed by atoms with Crippen LogP contribution in [0.2, 0.25) is 0 Å². The van der Waals surface area contributed by atoms with Crippen LogP contribution in [0.1, 0.15) is 39.0 Å². The summed E-state index contributed by atoms with van der Waals surface area (Å²) in [7, 11) is 0. The van der Waals surface area contributed by atoms with Gasteiger partial charge < -0.3 is 11.7 Å². The second-order valence-corrected chi connectivity index (χ2v) is 4.97. The van der Waals surface area contributed by atoms with Crippen molar-refractivity contribution in [2.45, 2.75) is 51.2 Å². The molecule has 2 amide bonds. The number of hydrogen-bond acceptors (Lipinski definition) is 3. The average Bonchev–Trinajstić information content (AvgIpc) is 2.55. The van der Waals surface area contributed by atoms with Gasteiger partial charge in [0.15, 0.2) is 0 Å². The molecule has 2 rings (SSSR count). The first-order valence-electron chi connectivity index (χ1n) is 6.42. The van der Waals surface area contributed by atoms with Crippen LogP contribution in [-0.4, -0.2) is 35.5 Å². The van der Waals surface area contributed by atoms with Gasteiger partial charge in [-0.2, -0.15) is 0 Å². The Kier molecular flexibility index (Phi) is 6.42. The van der Waals surface area contributed by atoms with Gasteiger partial charge in [-0.15, -0.1) is 0 Å². The van der Waals surface area contributed by atoms with Gasteiger partial charge in [-0.25, -0.2) is 0 Å². The van der Waals surface area contributed by atoms with Gasteiger partial charge in [0.25, 0.3) is 0 Å². The molecule has 1 aliphatic carbocycles. The number of rotatable bonds is 3. The maximum Gasteiger partial charge on any atom is 0.232 e. The second kappa shape index (κ2) is 7.11. The van der Waals surface area contributed by atoms with Crippen LogP contribution in [0, 0.1) is 12.8 Å². The van der Waals surface area contributed by atoms with Crippen molar-refractivity contribution >= 4 is 11.8 Å². The number of carbonyl (C=O) groups excluding carboxylic acids is 2. The van der Waals surface area contributed by atoms with Gasteiger partial charge in [0.05, 0.1) is 12.1 Å². The number of carbonyl (C=O) groups is 2. The second-order valence-electron chi connectivity index (χ2n) is 4.97. The predicted molar refractivity (Wildman–Crippen MR) is 63.0 cm³/mol. The van der Waals surface area contributed by atoms with Crippen LogP contribution in [0.15, 0.2) is 0 Å². The van der Waals surface area contributed by atoms with Gasteiger partial charge in [-0.3, -0.25) is 14.5 Å². The minimum absolute atomic E-state index is 0. The molecule has 18 heavy (non-hydrogen) atoms. The van der Waals surface area contributed by atoms with Gasteiger partial charge >= 0.3 is 0 Å². The zero-order valence-electron chi connectivity index (χ0n) is 10.9. The standard InChI is InChI=1S/C13H20NO3.Y/c1-3-17-11-7-5-4-6-10(11)14-12(15)8-9(2)13(14)16;/h9-11H,1,3-8H2,2H3;/q-1;/t9-,10-,11-;/m1./s1. The molecule has 0 spiro atoms. The fraction of sp³-hybridized carbons (Fsp3) is 0.769. The molecule has 0 unspecified atom stereocenters. The van der Waals surface area contributed by atoms with Gasteiger partial charge in [-0.1, -0.05) is 26.4 Å². The molecule has 1 radical (unpaired) electrons. The molecule has 1 heterocycles. The van der Waals surface area contributed by atoms with Crippen molar-refractivity contribution in [1.82, 2.24) is 4.90 Å². The summed E-state index contributed by atoms with van der Waals surface area (Å²) in [6, 6.07) is -0.0598. The van der Waals surface area contributed by atoms with Crippen molar-refractivity contribution < 1.29 is 47.0 Å². The molecule has 0 aromatic carbocycles. The van der Waals surface area contributed by atoms with E-state index < -0.39 is 0 Å². The normalized spacial score (nSPS) is 32.6. The van der Waals surface area contributed by atoms with E-state index >= 15 is 0 Å². The summed E-state index contributed by atoms with van der Waals surface area (Å²) in [5.41, 5.74) is 0. The van der Waals surface area contributed by atoms with E-state index in [0.29, 0.717) is 13.0 Å². The van der Waals surface area contributed by atoms with E-state index in [1.165, 1.54) is 4.90 Å². The first-order chi connectivity index (χ1) is 8.15. The summed E-state index contributed by atoms with van der Waals surface area (Å²) >= 11 is 0. The molecule has 1 saturated heterocycles. The number of imide groups is 1. The van der Waals surface area contributed by atoms with Crippen LogP contribution in [0.5, 0.6) is 0 Å². The molecular weight excluding hydrogens is 307 g/mol. The Hall–Kier alpha value is 0.204. The number of likely N-dealkylation sites (tertiary alicyclic amines) is 1. The zero-order chi connectivity index (χ0) is 12.4. The van der Waals surface area contributed by atoms with Crippen LogP contribution in [0.4, 0.5) is 0 Å². The SMILES string of the molecule is [CH2-]CO[C@@H]1CCCC[C@H]1N1C(=O)C[C@@H](C)C1=O.[Y]. The summed E-state index contributed by atoms with van der Waals surface area (Å²) in [4.78, 5) is 25.3. The molecule has 0 aromatic rings. The first-order valence-corrected chi connectivity index (χ1v) is 6.42. The third-order valence-corrected chi connectivity index (χ3v) is 3.74. The number of ether oxygens (including phenoxy) is 1. The van der Waals surface area contributed by atoms with E-state index in [-0.39, 0.29) is 62.6 Å². The summed E-state index contributed by atoms with van der Waals surface area (Å²) < 4.78 is 5.58. The van der Waals surface area contributed by atoms with Crippen LogP contribution < -0.4 is 0 Å². The van der Waals surface area contributed by atoms with Crippen LogP contribution in [0.25, 0.3) is 0 Å². The first kappa shape index (κ1) is 16.3. The molecule has 2 aliphatic rings. The molecule has 5 heteroatoms. The Morgan fingerprint density at radius 2 is 2.00 bits per heavy atom. The minimum atomic E-state index is -0.162. The van der Waals surface area contributed by atoms with Crippen molar-refractivity contribution in [3.63, 3.8) is 0 Å². The number of amides is 2. The summed E-state index contributed by atoms with van der Waals surface area (Å²) in [5, 5.41) is 0. The Bertz CT molecular complexity index is 319. The van der Waals surface area contributed by atoms with Gasteiger partial charge in [0.2, 0.25) is 11.8 Å². The smallest absolute Gasteiger partial charge is 0.232 e. The fourth-order valence-electron chi connectivity index (χ4n) is 2.87. The maximum atomic E-state index is 12.0. The molecule has 3 atom stereocenters. The molecular formula is C13H20NO3Y-. The Morgan fingerprint density at radius 3 is 2.56 bits per heavy atom. The summed E-state index contributed by atoms with van der Waals surface area (Å²) in [6.07, 6.45) is 4.30. The molecule has 0 bridgehead atoms. The Morgan fingerprint density at radius 1 is 1.33 bits per heavy atom. The van der Waals surface area contributed by atoms with Gasteiger partial charge in [0, 0.05) is 45.0 Å². The Labute approximate surface area is 134 Å². The predicted octanol–water partition coefficient (Wildman–Crippen LogP) is 1.54. The van der Waals surface area contributed by atoms with E-state index in [1.54, 1.807) is 0 Å². The largest absolute Gasteiger partial charge is 0.408 e. The van der Waals surface area contributed by atoms with Crippen molar-refractivity contribution in [3.05, 3.63) is 6.92 Å². The van der Waals surface area contributed by atoms with E-state index in [2.05, 4.69) is 6.92 Å². The van der Waals surface area contributed by atoms with Crippen LogP contribution in [-0.2, 0) is 47.0 Å². The zero-order valence-corrected chi connectivity index (χ0v) is 13.8. The molecule has 0 aromatic heterocycles. The molecule has 1 aliphatic heterocycles. The average molecular weight is 327 g/mol. The molecule has 2 fully saturated rings. The molecule has 1 saturated carbocycles. The van der Waals surface area contributed by atoms with Crippen LogP contribution in [0.3, 0.4) is 0 Å². The van der Waals surface area contributed by atoms with E-state index in [4.69, 9.17) is 4.74 Å². The van der Waals surface area contributed by atoms with E-state index in [0.717, 1.165) is 25.7 Å². The van der Waals surface area contributed by atoms with E-state index in [9.17, 15) is 9.59 Å². The minimum Gasteiger partial charge on any atom is -0.408 e. The third-order valence-electron chi connectivity index (χ3n) is 3.74. The monoisotopic (exact) mass is 327 g/mol. The molecule has 4 nitrogen and oxygen atoms in total. The van der Waals surface area contributed by atoms with Gasteiger partial charge in [-0.05, 0) is 12.8 Å². The summed E-state index contributed by atoms with van der Waals surface area (Å²) in [6.45, 7) is 5.90. The Balaban J connectivity index is 0.00000162. The number of hydrogen-bond donors (Lipinski definition) is 0. The van der Waals surface area contributed by atoms with Crippen molar-refractivity contribution in [2.24, 2.45) is 5.92 Å².